The molecule has 2 aliphatic rings. The van der Waals surface area contributed by atoms with Gasteiger partial charge in [0.2, 0.25) is 0 Å². The minimum absolute atomic E-state index is 0.0930. The predicted molar refractivity (Wildman–Crippen MR) is 89.1 cm³/mol. The number of aliphatic hydroxyl groups excluding tert-OH is 1. The Labute approximate surface area is 135 Å². The zero-order valence-corrected chi connectivity index (χ0v) is 12.9. The molecular weight excluding hydrogens is 290 g/mol. The fourth-order valence-corrected chi connectivity index (χ4v) is 4.44. The van der Waals surface area contributed by atoms with E-state index < -0.39 is 0 Å². The van der Waals surface area contributed by atoms with Gasteiger partial charge < -0.3 is 15.7 Å². The van der Waals surface area contributed by atoms with Crippen molar-refractivity contribution in [3.63, 3.8) is 0 Å². The van der Waals surface area contributed by atoms with Crippen LogP contribution < -0.4 is 10.6 Å². The van der Waals surface area contributed by atoms with Crippen molar-refractivity contribution in [1.82, 2.24) is 10.3 Å². The van der Waals surface area contributed by atoms with Gasteiger partial charge in [0.05, 0.1) is 5.69 Å². The number of aromatic nitrogens is 1. The van der Waals surface area contributed by atoms with E-state index in [4.69, 9.17) is 0 Å². The molecule has 23 heavy (non-hydrogen) atoms. The molecule has 1 aromatic heterocycles. The molecule has 2 aliphatic carbocycles. The first-order valence-corrected chi connectivity index (χ1v) is 8.27. The lowest BCUT2D eigenvalue weighted by Gasteiger charge is -2.30. The molecule has 0 radical (unpaired) electrons. The molecular formula is C18H21N3O2. The number of aliphatic hydroxyl groups is 1. The van der Waals surface area contributed by atoms with Crippen LogP contribution >= 0.6 is 0 Å². The molecule has 4 atom stereocenters. The second kappa shape index (κ2) is 5.81. The maximum absolute atomic E-state index is 12.4. The van der Waals surface area contributed by atoms with Gasteiger partial charge in [-0.25, -0.2) is 4.79 Å². The Kier molecular flexibility index (Phi) is 3.65. The third-order valence-electron chi connectivity index (χ3n) is 5.53. The number of nitrogens with zero attached hydrogens (tertiary/aromatic N) is 1. The number of hydrogen-bond acceptors (Lipinski definition) is 3. The average Bonchev–Trinajstić information content (AvgIpc) is 3.16. The lowest BCUT2D eigenvalue weighted by molar-refractivity contribution is 0.146. The van der Waals surface area contributed by atoms with Gasteiger partial charge in [-0.2, -0.15) is 0 Å². The highest BCUT2D eigenvalue weighted by molar-refractivity contribution is 6.01. The van der Waals surface area contributed by atoms with Gasteiger partial charge >= 0.3 is 6.03 Å². The Hall–Kier alpha value is -2.14. The molecule has 2 saturated carbocycles. The van der Waals surface area contributed by atoms with Crippen molar-refractivity contribution in [3.8, 4) is 0 Å². The summed E-state index contributed by atoms with van der Waals surface area (Å²) in [7, 11) is 0. The zero-order chi connectivity index (χ0) is 15.8. The number of nitrogens with one attached hydrogen (secondary N) is 2. The van der Waals surface area contributed by atoms with E-state index in [1.165, 1.54) is 6.42 Å². The standard InChI is InChI=1S/C18H21N3O2/c22-10-15-11-4-5-12(8-11)17(15)21-18(23)20-16-3-1-2-13-9-19-7-6-14(13)16/h1-3,6-7,9,11-12,15,17,22H,4-5,8,10H2,(H2,20,21,23)/t11-,12-,15+,17-/m0/s1. The van der Waals surface area contributed by atoms with Crippen LogP contribution in [0.25, 0.3) is 10.8 Å². The fourth-order valence-electron chi connectivity index (χ4n) is 4.44. The maximum atomic E-state index is 12.4. The van der Waals surface area contributed by atoms with Gasteiger partial charge in [-0.3, -0.25) is 4.98 Å². The summed E-state index contributed by atoms with van der Waals surface area (Å²) < 4.78 is 0. The normalized spacial score (nSPS) is 28.9. The summed E-state index contributed by atoms with van der Waals surface area (Å²) in [6.07, 6.45) is 6.99. The highest BCUT2D eigenvalue weighted by atomic mass is 16.3. The Bertz CT molecular complexity index is 728. The van der Waals surface area contributed by atoms with Crippen molar-refractivity contribution in [2.45, 2.75) is 25.3 Å². The molecule has 5 nitrogen and oxygen atoms in total. The third-order valence-corrected chi connectivity index (χ3v) is 5.53. The smallest absolute Gasteiger partial charge is 0.319 e. The monoisotopic (exact) mass is 311 g/mol. The summed E-state index contributed by atoms with van der Waals surface area (Å²) in [5.41, 5.74) is 0.783. The van der Waals surface area contributed by atoms with E-state index in [1.807, 2.05) is 24.3 Å². The fraction of sp³-hybridized carbons (Fsp3) is 0.444. The van der Waals surface area contributed by atoms with Crippen molar-refractivity contribution < 1.29 is 9.90 Å². The van der Waals surface area contributed by atoms with E-state index in [2.05, 4.69) is 15.6 Å². The topological polar surface area (TPSA) is 74.2 Å². The molecule has 0 saturated heterocycles. The summed E-state index contributed by atoms with van der Waals surface area (Å²) >= 11 is 0. The van der Waals surface area contributed by atoms with Crippen LogP contribution in [0, 0.1) is 17.8 Å². The van der Waals surface area contributed by atoms with Crippen LogP contribution in [0.4, 0.5) is 10.5 Å². The molecule has 2 amide bonds. The summed E-state index contributed by atoms with van der Waals surface area (Å²) in [6.45, 7) is 0.159. The second-order valence-corrected chi connectivity index (χ2v) is 6.71. The first-order valence-electron chi connectivity index (χ1n) is 8.27. The Balaban J connectivity index is 1.50. The largest absolute Gasteiger partial charge is 0.396 e. The van der Waals surface area contributed by atoms with Gasteiger partial charge in [-0.05, 0) is 43.2 Å². The number of anilines is 1. The van der Waals surface area contributed by atoms with E-state index in [1.54, 1.807) is 12.4 Å². The lowest BCUT2D eigenvalue weighted by Crippen LogP contribution is -2.46. The Morgan fingerprint density at radius 3 is 3.00 bits per heavy atom. The van der Waals surface area contributed by atoms with Crippen LogP contribution in [0.15, 0.2) is 36.7 Å². The molecule has 5 heteroatoms. The number of pyridine rings is 1. The van der Waals surface area contributed by atoms with E-state index >= 15 is 0 Å². The molecule has 2 bridgehead atoms. The average molecular weight is 311 g/mol. The van der Waals surface area contributed by atoms with E-state index in [9.17, 15) is 9.90 Å². The van der Waals surface area contributed by atoms with Crippen LogP contribution in [0.2, 0.25) is 0 Å². The Morgan fingerprint density at radius 1 is 1.26 bits per heavy atom. The number of amides is 2. The first kappa shape index (κ1) is 14.5. The number of carbonyl (C=O) groups is 1. The number of urea groups is 1. The molecule has 1 aromatic carbocycles. The first-order chi connectivity index (χ1) is 11.3. The number of rotatable bonds is 3. The number of fused-ring (bicyclic) bond motifs is 3. The highest BCUT2D eigenvalue weighted by Gasteiger charge is 2.47. The maximum Gasteiger partial charge on any atom is 0.319 e. The van der Waals surface area contributed by atoms with Crippen LogP contribution in [0.3, 0.4) is 0 Å². The van der Waals surface area contributed by atoms with Gasteiger partial charge in [0.1, 0.15) is 0 Å². The predicted octanol–water partition coefficient (Wildman–Crippen LogP) is 2.76. The molecule has 3 N–H and O–H groups in total. The summed E-state index contributed by atoms with van der Waals surface area (Å²) in [5, 5.41) is 17.7. The van der Waals surface area contributed by atoms with E-state index in [-0.39, 0.29) is 24.6 Å². The molecule has 120 valence electrons. The minimum atomic E-state index is -0.190. The molecule has 2 aromatic rings. The summed E-state index contributed by atoms with van der Waals surface area (Å²) in [5.74, 6) is 1.29. The number of benzene rings is 1. The van der Waals surface area contributed by atoms with Crippen molar-refractivity contribution in [2.24, 2.45) is 17.8 Å². The van der Waals surface area contributed by atoms with Gasteiger partial charge in [0, 0.05) is 41.7 Å². The number of carbonyl (C=O) groups excluding carboxylic acids is 1. The van der Waals surface area contributed by atoms with Crippen molar-refractivity contribution in [3.05, 3.63) is 36.7 Å². The highest BCUT2D eigenvalue weighted by Crippen LogP contribution is 2.48. The van der Waals surface area contributed by atoms with Crippen LogP contribution in [0.1, 0.15) is 19.3 Å². The van der Waals surface area contributed by atoms with Crippen LogP contribution in [-0.2, 0) is 0 Å². The second-order valence-electron chi connectivity index (χ2n) is 6.71. The molecule has 0 unspecified atom stereocenters. The third kappa shape index (κ3) is 2.55. The van der Waals surface area contributed by atoms with Gasteiger partial charge in [0.25, 0.3) is 0 Å². The van der Waals surface area contributed by atoms with Gasteiger partial charge in [0.15, 0.2) is 0 Å². The number of hydrogen-bond donors (Lipinski definition) is 3. The Morgan fingerprint density at radius 2 is 2.13 bits per heavy atom. The molecule has 0 spiro atoms. The van der Waals surface area contributed by atoms with Crippen LogP contribution in [-0.4, -0.2) is 28.8 Å². The SMILES string of the molecule is O=C(Nc1cccc2cnccc12)N[C@H]1[C@H]2CC[C@@H](C2)[C@H]1CO. The minimum Gasteiger partial charge on any atom is -0.396 e. The lowest BCUT2D eigenvalue weighted by atomic mass is 9.85. The molecule has 1 heterocycles. The van der Waals surface area contributed by atoms with E-state index in [0.717, 1.165) is 29.3 Å². The summed E-state index contributed by atoms with van der Waals surface area (Å²) in [6, 6.07) is 7.59. The molecule has 4 rings (SSSR count). The van der Waals surface area contributed by atoms with Gasteiger partial charge in [-0.1, -0.05) is 12.1 Å². The van der Waals surface area contributed by atoms with Crippen molar-refractivity contribution in [1.29, 1.82) is 0 Å². The van der Waals surface area contributed by atoms with Gasteiger partial charge in [-0.15, -0.1) is 0 Å². The van der Waals surface area contributed by atoms with Crippen molar-refractivity contribution in [2.75, 3.05) is 11.9 Å². The van der Waals surface area contributed by atoms with Crippen LogP contribution in [0.5, 0.6) is 0 Å². The molecule has 2 fully saturated rings. The van der Waals surface area contributed by atoms with Crippen molar-refractivity contribution >= 4 is 22.5 Å². The van der Waals surface area contributed by atoms with E-state index in [0.29, 0.717) is 11.8 Å². The zero-order valence-electron chi connectivity index (χ0n) is 12.9. The quantitative estimate of drug-likeness (QED) is 0.816. The summed E-state index contributed by atoms with van der Waals surface area (Å²) in [4.78, 5) is 16.5. The molecule has 0 aliphatic heterocycles.